The number of furan rings is 1. The molecule has 5 aromatic rings. The number of benzene rings is 3. The highest BCUT2D eigenvalue weighted by atomic mass is 32.2. The van der Waals surface area contributed by atoms with Crippen molar-refractivity contribution in [3.63, 3.8) is 0 Å². The minimum absolute atomic E-state index is 0.201. The van der Waals surface area contributed by atoms with E-state index in [2.05, 4.69) is 14.7 Å². The Morgan fingerprint density at radius 2 is 1.65 bits per heavy atom. The summed E-state index contributed by atoms with van der Waals surface area (Å²) in [7, 11) is -3.67. The topological polar surface area (TPSA) is 94.3 Å². The molecule has 0 radical (unpaired) electrons. The maximum atomic E-state index is 12.5. The molecular formula is C23H17N3O4S. The molecule has 7 nitrogen and oxygen atoms in total. The highest BCUT2D eigenvalue weighted by Gasteiger charge is 2.16. The normalized spacial score (nSPS) is 11.6. The lowest BCUT2D eigenvalue weighted by Gasteiger charge is -2.09. The number of anilines is 1. The number of hydrogen-bond acceptors (Lipinski definition) is 6. The third-order valence-electron chi connectivity index (χ3n) is 4.78. The molecule has 2 aromatic heterocycles. The lowest BCUT2D eigenvalue weighted by molar-refractivity contribution is 0.456. The smallest absolute Gasteiger partial charge is 0.267 e. The van der Waals surface area contributed by atoms with Crippen LogP contribution < -0.4 is 9.46 Å². The number of nitrogens with one attached hydrogen (secondary N) is 1. The Morgan fingerprint density at radius 1 is 0.903 bits per heavy atom. The van der Waals surface area contributed by atoms with E-state index in [0.717, 1.165) is 10.9 Å². The van der Waals surface area contributed by atoms with Gasteiger partial charge in [0.25, 0.3) is 15.9 Å². The number of hydrogen-bond donors (Lipinski definition) is 1. The summed E-state index contributed by atoms with van der Waals surface area (Å²) < 4.78 is 39.4. The van der Waals surface area contributed by atoms with Gasteiger partial charge >= 0.3 is 0 Å². The summed E-state index contributed by atoms with van der Waals surface area (Å²) in [6, 6.07) is 20.8. The summed E-state index contributed by atoms with van der Waals surface area (Å²) in [5.41, 5.74) is 3.23. The minimum atomic E-state index is -3.67. The van der Waals surface area contributed by atoms with Crippen molar-refractivity contribution in [3.05, 3.63) is 84.7 Å². The third-order valence-corrected chi connectivity index (χ3v) is 6.17. The van der Waals surface area contributed by atoms with E-state index in [9.17, 15) is 8.42 Å². The number of sulfonamides is 1. The number of aryl methyl sites for hydroxylation is 1. The summed E-state index contributed by atoms with van der Waals surface area (Å²) in [4.78, 5) is 8.69. The Morgan fingerprint density at radius 3 is 2.42 bits per heavy atom. The summed E-state index contributed by atoms with van der Waals surface area (Å²) in [5.74, 6) is 0.771. The zero-order chi connectivity index (χ0) is 21.4. The molecule has 0 atom stereocenters. The van der Waals surface area contributed by atoms with Crippen LogP contribution in [0.5, 0.6) is 11.6 Å². The molecule has 2 heterocycles. The molecule has 0 amide bonds. The van der Waals surface area contributed by atoms with Gasteiger partial charge in [-0.05, 0) is 55.5 Å². The van der Waals surface area contributed by atoms with Gasteiger partial charge in [-0.25, -0.2) is 13.4 Å². The largest absolute Gasteiger partial charge is 0.449 e. The Balaban J connectivity index is 1.39. The molecule has 0 bridgehead atoms. The predicted molar refractivity (Wildman–Crippen MR) is 118 cm³/mol. The highest BCUT2D eigenvalue weighted by molar-refractivity contribution is 7.92. The number of aromatic nitrogens is 2. The fraction of sp³-hybridized carbons (Fsp3) is 0.0435. The van der Waals surface area contributed by atoms with Gasteiger partial charge in [0.15, 0.2) is 0 Å². The lowest BCUT2D eigenvalue weighted by atomic mass is 10.2. The van der Waals surface area contributed by atoms with Crippen molar-refractivity contribution >= 4 is 37.8 Å². The fourth-order valence-electron chi connectivity index (χ4n) is 3.21. The average molecular weight is 431 g/mol. The van der Waals surface area contributed by atoms with Crippen LogP contribution in [0.25, 0.3) is 22.1 Å². The van der Waals surface area contributed by atoms with Crippen molar-refractivity contribution in [1.29, 1.82) is 0 Å². The fourth-order valence-corrected chi connectivity index (χ4v) is 4.27. The van der Waals surface area contributed by atoms with Crippen LogP contribution in [0.3, 0.4) is 0 Å². The number of fused-ring (bicyclic) bond motifs is 3. The molecule has 0 saturated carbocycles. The molecule has 0 unspecified atom stereocenters. The average Bonchev–Trinajstić information content (AvgIpc) is 3.15. The maximum absolute atomic E-state index is 12.5. The van der Waals surface area contributed by atoms with E-state index < -0.39 is 10.0 Å². The van der Waals surface area contributed by atoms with Crippen LogP contribution >= 0.6 is 0 Å². The number of ether oxygens (including phenoxy) is 1. The van der Waals surface area contributed by atoms with E-state index in [0.29, 0.717) is 28.1 Å². The highest BCUT2D eigenvalue weighted by Crippen LogP contribution is 2.34. The van der Waals surface area contributed by atoms with Gasteiger partial charge in [-0.2, -0.15) is 4.98 Å². The van der Waals surface area contributed by atoms with Crippen LogP contribution in [0.15, 0.2) is 88.4 Å². The van der Waals surface area contributed by atoms with Crippen LogP contribution in [0.4, 0.5) is 5.69 Å². The zero-order valence-electron chi connectivity index (χ0n) is 16.4. The van der Waals surface area contributed by atoms with Crippen molar-refractivity contribution in [2.75, 3.05) is 4.72 Å². The van der Waals surface area contributed by atoms with Crippen LogP contribution in [0, 0.1) is 6.92 Å². The predicted octanol–water partition coefficient (Wildman–Crippen LogP) is 5.28. The number of rotatable bonds is 5. The van der Waals surface area contributed by atoms with Gasteiger partial charge in [0, 0.05) is 11.1 Å². The molecule has 0 saturated heterocycles. The summed E-state index contributed by atoms with van der Waals surface area (Å²) >= 11 is 0. The van der Waals surface area contributed by atoms with Gasteiger partial charge in [0.05, 0.1) is 4.90 Å². The summed E-state index contributed by atoms with van der Waals surface area (Å²) in [6.45, 7) is 1.90. The summed E-state index contributed by atoms with van der Waals surface area (Å²) in [6.07, 6.45) is 1.42. The number of para-hydroxylation sites is 1. The quantitative estimate of drug-likeness (QED) is 0.407. The lowest BCUT2D eigenvalue weighted by Crippen LogP contribution is -2.12. The van der Waals surface area contributed by atoms with E-state index in [1.165, 1.54) is 6.33 Å². The Kier molecular flexibility index (Phi) is 4.56. The molecule has 3 aromatic carbocycles. The van der Waals surface area contributed by atoms with Gasteiger partial charge in [-0.15, -0.1) is 0 Å². The van der Waals surface area contributed by atoms with E-state index in [4.69, 9.17) is 9.15 Å². The van der Waals surface area contributed by atoms with Gasteiger partial charge in [-0.1, -0.05) is 29.8 Å². The molecule has 0 aliphatic carbocycles. The standard InChI is InChI=1S/C23H17N3O4S/c1-15-6-12-18(13-7-15)31(27,28)26-16-8-10-17(11-9-16)29-23-22-21(24-14-25-23)19-4-2-3-5-20(19)30-22/h2-14,26H,1H3. The zero-order valence-corrected chi connectivity index (χ0v) is 17.3. The van der Waals surface area contributed by atoms with Crippen molar-refractivity contribution < 1.29 is 17.6 Å². The Bertz CT molecular complexity index is 1490. The van der Waals surface area contributed by atoms with Gasteiger partial charge in [0.2, 0.25) is 5.58 Å². The third kappa shape index (κ3) is 3.69. The van der Waals surface area contributed by atoms with E-state index in [1.54, 1.807) is 48.5 Å². The first-order chi connectivity index (χ1) is 15.0. The monoisotopic (exact) mass is 431 g/mol. The van der Waals surface area contributed by atoms with Crippen molar-refractivity contribution in [2.45, 2.75) is 11.8 Å². The first-order valence-corrected chi connectivity index (χ1v) is 11.0. The van der Waals surface area contributed by atoms with Gasteiger partial charge in [0.1, 0.15) is 23.2 Å². The molecule has 8 heteroatoms. The van der Waals surface area contributed by atoms with Crippen LogP contribution in [-0.4, -0.2) is 18.4 Å². The number of nitrogens with zero attached hydrogens (tertiary/aromatic N) is 2. The second-order valence-electron chi connectivity index (χ2n) is 7.00. The van der Waals surface area contributed by atoms with Crippen LogP contribution in [-0.2, 0) is 10.0 Å². The first kappa shape index (κ1) is 19.1. The minimum Gasteiger partial charge on any atom is -0.449 e. The van der Waals surface area contributed by atoms with E-state index >= 15 is 0 Å². The van der Waals surface area contributed by atoms with E-state index in [1.807, 2.05) is 31.2 Å². The molecule has 0 fully saturated rings. The van der Waals surface area contributed by atoms with E-state index in [-0.39, 0.29) is 10.8 Å². The molecule has 5 rings (SSSR count). The molecule has 0 spiro atoms. The second-order valence-corrected chi connectivity index (χ2v) is 8.68. The van der Waals surface area contributed by atoms with Crippen molar-refractivity contribution in [3.8, 4) is 11.6 Å². The molecule has 31 heavy (non-hydrogen) atoms. The molecule has 0 aliphatic rings. The van der Waals surface area contributed by atoms with Crippen LogP contribution in [0.2, 0.25) is 0 Å². The maximum Gasteiger partial charge on any atom is 0.267 e. The van der Waals surface area contributed by atoms with Crippen molar-refractivity contribution in [1.82, 2.24) is 9.97 Å². The van der Waals surface area contributed by atoms with Gasteiger partial charge in [-0.3, -0.25) is 4.72 Å². The first-order valence-electron chi connectivity index (χ1n) is 9.49. The molecular weight excluding hydrogens is 414 g/mol. The van der Waals surface area contributed by atoms with Crippen molar-refractivity contribution in [2.24, 2.45) is 0 Å². The molecule has 154 valence electrons. The Labute approximate surface area is 178 Å². The Hall–Kier alpha value is -3.91. The second kappa shape index (κ2) is 7.41. The molecule has 1 N–H and O–H groups in total. The SMILES string of the molecule is Cc1ccc(S(=O)(=O)Nc2ccc(Oc3ncnc4c3oc3ccccc34)cc2)cc1. The molecule has 0 aliphatic heterocycles. The summed E-state index contributed by atoms with van der Waals surface area (Å²) in [5, 5.41) is 0.880. The van der Waals surface area contributed by atoms with Gasteiger partial charge < -0.3 is 9.15 Å². The van der Waals surface area contributed by atoms with Crippen LogP contribution in [0.1, 0.15) is 5.56 Å².